The molecule has 0 heterocycles. The Morgan fingerprint density at radius 3 is 1.84 bits per heavy atom. The first-order valence-corrected chi connectivity index (χ1v) is 5.77. The van der Waals surface area contributed by atoms with E-state index < -0.39 is 11.7 Å². The van der Waals surface area contributed by atoms with Gasteiger partial charge in [-0.25, -0.2) is 4.99 Å². The average molecular weight is 273 g/mol. The highest BCUT2D eigenvalue weighted by molar-refractivity contribution is 5.79. The predicted molar refractivity (Wildman–Crippen MR) is 70.0 cm³/mol. The van der Waals surface area contributed by atoms with E-state index in [0.29, 0.717) is 6.54 Å². The molecule has 0 unspecified atom stereocenters. The summed E-state index contributed by atoms with van der Waals surface area (Å²) in [5.74, 6) is 0.764. The van der Waals surface area contributed by atoms with Gasteiger partial charge in [0.15, 0.2) is 5.96 Å². The molecule has 0 saturated heterocycles. The lowest BCUT2D eigenvalue weighted by atomic mass is 10.1. The molecule has 0 atom stereocenters. The summed E-state index contributed by atoms with van der Waals surface area (Å²) in [6, 6.07) is 5.07. The van der Waals surface area contributed by atoms with E-state index in [2.05, 4.69) is 4.99 Å². The number of alkyl halides is 3. The van der Waals surface area contributed by atoms with Gasteiger partial charge in [0, 0.05) is 28.2 Å². The summed E-state index contributed by atoms with van der Waals surface area (Å²) in [7, 11) is 7.47. The number of hydrogen-bond donors (Lipinski definition) is 0. The van der Waals surface area contributed by atoms with Crippen molar-refractivity contribution < 1.29 is 13.2 Å². The molecule has 3 nitrogen and oxygen atoms in total. The Hall–Kier alpha value is -1.72. The molecule has 1 rings (SSSR count). The van der Waals surface area contributed by atoms with Crippen LogP contribution in [-0.4, -0.2) is 44.0 Å². The van der Waals surface area contributed by atoms with Crippen LogP contribution in [0.3, 0.4) is 0 Å². The highest BCUT2D eigenvalue weighted by atomic mass is 19.4. The number of nitrogens with zero attached hydrogens (tertiary/aromatic N) is 3. The molecule has 0 spiro atoms. The Kier molecular flexibility index (Phi) is 4.80. The largest absolute Gasteiger partial charge is 0.416 e. The van der Waals surface area contributed by atoms with Gasteiger partial charge in [0.2, 0.25) is 0 Å². The van der Waals surface area contributed by atoms with Crippen LogP contribution in [0.5, 0.6) is 0 Å². The second-order valence-electron chi connectivity index (χ2n) is 4.60. The topological polar surface area (TPSA) is 18.8 Å². The fraction of sp³-hybridized carbons (Fsp3) is 0.462. The lowest BCUT2D eigenvalue weighted by molar-refractivity contribution is -0.137. The van der Waals surface area contributed by atoms with Crippen LogP contribution in [-0.2, 0) is 12.7 Å². The second-order valence-corrected chi connectivity index (χ2v) is 4.60. The summed E-state index contributed by atoms with van der Waals surface area (Å²) in [5, 5.41) is 0. The molecule has 0 fully saturated rings. The fourth-order valence-corrected chi connectivity index (χ4v) is 1.64. The SMILES string of the molecule is CN(C)C(=NCc1ccc(C(F)(F)F)cc1)N(C)C. The van der Waals surface area contributed by atoms with Gasteiger partial charge in [-0.2, -0.15) is 13.2 Å². The van der Waals surface area contributed by atoms with E-state index >= 15 is 0 Å². The second kappa shape index (κ2) is 5.95. The van der Waals surface area contributed by atoms with Crippen molar-refractivity contribution in [1.29, 1.82) is 0 Å². The van der Waals surface area contributed by atoms with Gasteiger partial charge in [-0.05, 0) is 17.7 Å². The van der Waals surface area contributed by atoms with Crippen molar-refractivity contribution in [3.05, 3.63) is 35.4 Å². The summed E-state index contributed by atoms with van der Waals surface area (Å²) < 4.78 is 37.2. The molecular formula is C13H18F3N3. The van der Waals surface area contributed by atoms with E-state index in [1.165, 1.54) is 12.1 Å². The zero-order valence-electron chi connectivity index (χ0n) is 11.5. The number of benzene rings is 1. The van der Waals surface area contributed by atoms with Crippen molar-refractivity contribution >= 4 is 5.96 Å². The van der Waals surface area contributed by atoms with E-state index in [9.17, 15) is 13.2 Å². The molecule has 1 aromatic rings. The number of rotatable bonds is 2. The van der Waals surface area contributed by atoms with Gasteiger partial charge in [-0.3, -0.25) is 0 Å². The van der Waals surface area contributed by atoms with E-state index in [1.54, 1.807) is 0 Å². The monoisotopic (exact) mass is 273 g/mol. The molecule has 0 N–H and O–H groups in total. The van der Waals surface area contributed by atoms with Gasteiger partial charge in [-0.15, -0.1) is 0 Å². The maximum atomic E-state index is 12.4. The molecule has 0 aliphatic heterocycles. The molecule has 19 heavy (non-hydrogen) atoms. The maximum absolute atomic E-state index is 12.4. The number of aliphatic imine (C=N–C) groups is 1. The standard InChI is InChI=1S/C13H18F3N3/c1-18(2)12(19(3)4)17-9-10-5-7-11(8-6-10)13(14,15)16/h5-8H,9H2,1-4H3. The summed E-state index contributed by atoms with van der Waals surface area (Å²) in [6.45, 7) is 0.351. The molecule has 0 aromatic heterocycles. The smallest absolute Gasteiger partial charge is 0.349 e. The molecule has 0 bridgehead atoms. The quantitative estimate of drug-likeness (QED) is 0.609. The molecule has 106 valence electrons. The highest BCUT2D eigenvalue weighted by Gasteiger charge is 2.29. The molecule has 6 heteroatoms. The van der Waals surface area contributed by atoms with Crippen LogP contribution in [0.15, 0.2) is 29.3 Å². The first-order chi connectivity index (χ1) is 8.71. The first-order valence-electron chi connectivity index (χ1n) is 5.77. The highest BCUT2D eigenvalue weighted by Crippen LogP contribution is 2.29. The van der Waals surface area contributed by atoms with Crippen LogP contribution in [0.2, 0.25) is 0 Å². The minimum Gasteiger partial charge on any atom is -0.349 e. The third-order valence-corrected chi connectivity index (χ3v) is 2.48. The van der Waals surface area contributed by atoms with Crippen molar-refractivity contribution in [3.63, 3.8) is 0 Å². The van der Waals surface area contributed by atoms with E-state index in [-0.39, 0.29) is 0 Å². The number of hydrogen-bond acceptors (Lipinski definition) is 1. The minimum absolute atomic E-state index is 0.351. The summed E-state index contributed by atoms with van der Waals surface area (Å²) >= 11 is 0. The van der Waals surface area contributed by atoms with Crippen LogP contribution < -0.4 is 0 Å². The van der Waals surface area contributed by atoms with Gasteiger partial charge in [0.05, 0.1) is 12.1 Å². The third-order valence-electron chi connectivity index (χ3n) is 2.48. The third kappa shape index (κ3) is 4.46. The Balaban J connectivity index is 2.81. The fourth-order valence-electron chi connectivity index (χ4n) is 1.64. The molecule has 1 aromatic carbocycles. The normalized spacial score (nSPS) is 11.1. The molecule has 0 aliphatic carbocycles. The number of halogens is 3. The van der Waals surface area contributed by atoms with Crippen LogP contribution in [0.4, 0.5) is 13.2 Å². The average Bonchev–Trinajstić information content (AvgIpc) is 2.27. The van der Waals surface area contributed by atoms with E-state index in [1.807, 2.05) is 38.0 Å². The molecule has 0 amide bonds. The summed E-state index contributed by atoms with van der Waals surface area (Å²) in [4.78, 5) is 8.07. The summed E-state index contributed by atoms with van der Waals surface area (Å²) in [6.07, 6.45) is -4.29. The molecular weight excluding hydrogens is 255 g/mol. The van der Waals surface area contributed by atoms with Gasteiger partial charge in [0.25, 0.3) is 0 Å². The predicted octanol–water partition coefficient (Wildman–Crippen LogP) is 2.68. The zero-order chi connectivity index (χ0) is 14.6. The van der Waals surface area contributed by atoms with Gasteiger partial charge in [-0.1, -0.05) is 12.1 Å². The molecule has 0 radical (unpaired) electrons. The Morgan fingerprint density at radius 1 is 1.00 bits per heavy atom. The summed E-state index contributed by atoms with van der Waals surface area (Å²) in [5.41, 5.74) is 0.106. The van der Waals surface area contributed by atoms with Crippen molar-refractivity contribution in [2.24, 2.45) is 4.99 Å². The number of guanidine groups is 1. The van der Waals surface area contributed by atoms with Gasteiger partial charge < -0.3 is 9.80 Å². The van der Waals surface area contributed by atoms with Crippen LogP contribution in [0.25, 0.3) is 0 Å². The Morgan fingerprint density at radius 2 is 1.47 bits per heavy atom. The van der Waals surface area contributed by atoms with Crippen molar-refractivity contribution in [2.45, 2.75) is 12.7 Å². The van der Waals surface area contributed by atoms with E-state index in [4.69, 9.17) is 0 Å². The molecule has 0 saturated carbocycles. The lowest BCUT2D eigenvalue weighted by Crippen LogP contribution is -2.35. The van der Waals surface area contributed by atoms with Gasteiger partial charge >= 0.3 is 6.18 Å². The van der Waals surface area contributed by atoms with E-state index in [0.717, 1.165) is 23.7 Å². The zero-order valence-corrected chi connectivity index (χ0v) is 11.5. The lowest BCUT2D eigenvalue weighted by Gasteiger charge is -2.22. The van der Waals surface area contributed by atoms with Crippen LogP contribution in [0, 0.1) is 0 Å². The Labute approximate surface area is 111 Å². The van der Waals surface area contributed by atoms with Crippen molar-refractivity contribution in [3.8, 4) is 0 Å². The first kappa shape index (κ1) is 15.3. The van der Waals surface area contributed by atoms with Crippen LogP contribution in [0.1, 0.15) is 11.1 Å². The Bertz CT molecular complexity index is 423. The maximum Gasteiger partial charge on any atom is 0.416 e. The van der Waals surface area contributed by atoms with Crippen molar-refractivity contribution in [2.75, 3.05) is 28.2 Å². The minimum atomic E-state index is -4.29. The molecule has 0 aliphatic rings. The van der Waals surface area contributed by atoms with Gasteiger partial charge in [0.1, 0.15) is 0 Å². The van der Waals surface area contributed by atoms with Crippen molar-refractivity contribution in [1.82, 2.24) is 9.80 Å². The van der Waals surface area contributed by atoms with Crippen LogP contribution >= 0.6 is 0 Å².